The van der Waals surface area contributed by atoms with Crippen molar-refractivity contribution < 1.29 is 14.3 Å². The highest BCUT2D eigenvalue weighted by Crippen LogP contribution is 2.36. The minimum Gasteiger partial charge on any atom is -0.466 e. The van der Waals surface area contributed by atoms with Crippen molar-refractivity contribution in [2.45, 2.75) is 37.8 Å². The molecule has 0 aromatic heterocycles. The second kappa shape index (κ2) is 3.45. The molecule has 4 nitrogen and oxygen atoms in total. The van der Waals surface area contributed by atoms with Crippen LogP contribution in [0.4, 0.5) is 0 Å². The molecule has 2 aliphatic heterocycles. The Morgan fingerprint density at radius 1 is 1.60 bits per heavy atom. The molecular weight excluding hydrogens is 194 g/mol. The summed E-state index contributed by atoms with van der Waals surface area (Å²) in [5.74, 6) is -0.128. The molecule has 0 aromatic rings. The second-order valence-electron chi connectivity index (χ2n) is 4.23. The lowest BCUT2D eigenvalue weighted by atomic mass is 9.88. The summed E-state index contributed by atoms with van der Waals surface area (Å²) in [5, 5.41) is 3.25. The summed E-state index contributed by atoms with van der Waals surface area (Å²) in [6.07, 6.45) is 4.09. The first-order valence-corrected chi connectivity index (χ1v) is 5.16. The fraction of sp³-hybridized carbons (Fsp3) is 0.636. The molecule has 0 unspecified atom stereocenters. The third kappa shape index (κ3) is 1.49. The maximum absolute atomic E-state index is 11.5. The topological polar surface area (TPSA) is 55.4 Å². The van der Waals surface area contributed by atoms with Crippen LogP contribution >= 0.6 is 0 Å². The van der Waals surface area contributed by atoms with Gasteiger partial charge in [0.15, 0.2) is 0 Å². The highest BCUT2D eigenvalue weighted by molar-refractivity contribution is 5.93. The lowest BCUT2D eigenvalue weighted by Crippen LogP contribution is -2.51. The molecule has 1 fully saturated rings. The molecule has 2 aliphatic rings. The van der Waals surface area contributed by atoms with Crippen LogP contribution in [-0.2, 0) is 14.3 Å². The largest absolute Gasteiger partial charge is 0.466 e. The van der Waals surface area contributed by atoms with E-state index in [1.54, 1.807) is 6.92 Å². The van der Waals surface area contributed by atoms with Gasteiger partial charge in [-0.1, -0.05) is 6.08 Å². The van der Waals surface area contributed by atoms with Crippen LogP contribution in [0.25, 0.3) is 0 Å². The molecular formula is C11H15NO3. The van der Waals surface area contributed by atoms with Gasteiger partial charge in [-0.25, -0.2) is 4.79 Å². The molecule has 0 spiro atoms. The number of ketones is 1. The van der Waals surface area contributed by atoms with Crippen LogP contribution in [0.5, 0.6) is 0 Å². The maximum atomic E-state index is 11.5. The molecule has 2 heterocycles. The number of rotatable bonds is 2. The van der Waals surface area contributed by atoms with Gasteiger partial charge in [-0.3, -0.25) is 10.1 Å². The average molecular weight is 209 g/mol. The molecule has 15 heavy (non-hydrogen) atoms. The van der Waals surface area contributed by atoms with Crippen LogP contribution < -0.4 is 5.32 Å². The van der Waals surface area contributed by atoms with Gasteiger partial charge in [-0.15, -0.1) is 0 Å². The van der Waals surface area contributed by atoms with Gasteiger partial charge in [0.05, 0.1) is 18.2 Å². The maximum Gasteiger partial charge on any atom is 0.335 e. The Labute approximate surface area is 88.7 Å². The molecule has 82 valence electrons. The average Bonchev–Trinajstić information content (AvgIpc) is 2.57. The first kappa shape index (κ1) is 10.4. The summed E-state index contributed by atoms with van der Waals surface area (Å²) in [4.78, 5) is 22.9. The van der Waals surface area contributed by atoms with Gasteiger partial charge in [0.25, 0.3) is 0 Å². The standard InChI is InChI=1S/C11H15NO3/c1-7(13)11-5-3-8(10(14)15-2)9(12-11)4-6-11/h3,9,12H,4-6H2,1-2H3/t9-,11-/m1/s1. The Hall–Kier alpha value is -1.16. The van der Waals surface area contributed by atoms with Crippen LogP contribution in [0.3, 0.4) is 0 Å². The predicted molar refractivity (Wildman–Crippen MR) is 54.3 cm³/mol. The van der Waals surface area contributed by atoms with Crippen LogP contribution in [0.15, 0.2) is 11.6 Å². The Balaban J connectivity index is 2.24. The summed E-state index contributed by atoms with van der Waals surface area (Å²) in [7, 11) is 1.38. The second-order valence-corrected chi connectivity index (χ2v) is 4.23. The van der Waals surface area contributed by atoms with Gasteiger partial charge in [-0.2, -0.15) is 0 Å². The van der Waals surface area contributed by atoms with E-state index in [0.29, 0.717) is 12.0 Å². The van der Waals surface area contributed by atoms with E-state index in [2.05, 4.69) is 5.32 Å². The summed E-state index contributed by atoms with van der Waals surface area (Å²) in [5.41, 5.74) is 0.259. The SMILES string of the molecule is COC(=O)C1=CC[C@]2(C(C)=O)CC[C@H]1N2. The van der Waals surface area contributed by atoms with Gasteiger partial charge < -0.3 is 4.74 Å². The van der Waals surface area contributed by atoms with Crippen LogP contribution in [0.2, 0.25) is 0 Å². The van der Waals surface area contributed by atoms with Crippen molar-refractivity contribution in [2.75, 3.05) is 7.11 Å². The molecule has 2 atom stereocenters. The highest BCUT2D eigenvalue weighted by Gasteiger charge is 2.46. The van der Waals surface area contributed by atoms with Gasteiger partial charge >= 0.3 is 5.97 Å². The van der Waals surface area contributed by atoms with Gasteiger partial charge in [-0.05, 0) is 26.2 Å². The first-order chi connectivity index (χ1) is 7.09. The number of esters is 1. The molecule has 0 aliphatic carbocycles. The van der Waals surface area contributed by atoms with E-state index < -0.39 is 5.54 Å². The molecule has 2 bridgehead atoms. The van der Waals surface area contributed by atoms with Crippen molar-refractivity contribution >= 4 is 11.8 Å². The number of ether oxygens (including phenoxy) is 1. The summed E-state index contributed by atoms with van der Waals surface area (Å²) >= 11 is 0. The van der Waals surface area contributed by atoms with Crippen LogP contribution in [0, 0.1) is 0 Å². The molecule has 0 aromatic carbocycles. The van der Waals surface area contributed by atoms with Crippen molar-refractivity contribution in [2.24, 2.45) is 0 Å². The van der Waals surface area contributed by atoms with Crippen molar-refractivity contribution in [3.05, 3.63) is 11.6 Å². The van der Waals surface area contributed by atoms with E-state index in [1.807, 2.05) is 6.08 Å². The number of carbonyl (C=O) groups excluding carboxylic acids is 2. The zero-order chi connectivity index (χ0) is 11.1. The number of hydrogen-bond donors (Lipinski definition) is 1. The monoisotopic (exact) mass is 209 g/mol. The third-order valence-corrected chi connectivity index (χ3v) is 3.45. The summed E-state index contributed by atoms with van der Waals surface area (Å²) in [6, 6.07) is -0.00454. The van der Waals surface area contributed by atoms with Gasteiger partial charge in [0.2, 0.25) is 0 Å². The Morgan fingerprint density at radius 3 is 2.93 bits per heavy atom. The lowest BCUT2D eigenvalue weighted by Gasteiger charge is -2.30. The minimum absolute atomic E-state index is 0.00454. The molecule has 1 saturated heterocycles. The Kier molecular flexibility index (Phi) is 2.38. The number of hydrogen-bond acceptors (Lipinski definition) is 4. The van der Waals surface area contributed by atoms with Crippen molar-refractivity contribution in [1.82, 2.24) is 5.32 Å². The molecule has 0 saturated carbocycles. The fourth-order valence-corrected chi connectivity index (χ4v) is 2.45. The zero-order valence-electron chi connectivity index (χ0n) is 9.00. The zero-order valence-corrected chi connectivity index (χ0v) is 9.00. The molecule has 2 rings (SSSR count). The van der Waals surface area contributed by atoms with E-state index >= 15 is 0 Å². The van der Waals surface area contributed by atoms with Crippen molar-refractivity contribution in [3.8, 4) is 0 Å². The minimum atomic E-state index is -0.414. The number of carbonyl (C=O) groups is 2. The van der Waals surface area contributed by atoms with Gasteiger partial charge in [0, 0.05) is 6.04 Å². The highest BCUT2D eigenvalue weighted by atomic mass is 16.5. The third-order valence-electron chi connectivity index (χ3n) is 3.45. The quantitative estimate of drug-likeness (QED) is 0.675. The number of Topliss-reactive ketones (excluding diaryl/α,β-unsaturated/α-hetero) is 1. The Morgan fingerprint density at radius 2 is 2.33 bits per heavy atom. The molecule has 4 heteroatoms. The smallest absolute Gasteiger partial charge is 0.335 e. The first-order valence-electron chi connectivity index (χ1n) is 5.16. The van der Waals surface area contributed by atoms with Crippen molar-refractivity contribution in [1.29, 1.82) is 0 Å². The van der Waals surface area contributed by atoms with Crippen LogP contribution in [-0.4, -0.2) is 30.4 Å². The number of nitrogens with one attached hydrogen (secondary N) is 1. The number of methoxy groups -OCH3 is 1. The summed E-state index contributed by atoms with van der Waals surface area (Å²) < 4.78 is 4.70. The predicted octanol–water partition coefficient (Wildman–Crippen LogP) is 0.569. The van der Waals surface area contributed by atoms with E-state index in [0.717, 1.165) is 12.8 Å². The molecule has 0 amide bonds. The lowest BCUT2D eigenvalue weighted by molar-refractivity contribution is -0.136. The fourth-order valence-electron chi connectivity index (χ4n) is 2.45. The van der Waals surface area contributed by atoms with E-state index in [4.69, 9.17) is 4.74 Å². The van der Waals surface area contributed by atoms with E-state index in [-0.39, 0.29) is 17.8 Å². The molecule has 1 N–H and O–H groups in total. The summed E-state index contributed by atoms with van der Waals surface area (Å²) in [6.45, 7) is 1.60. The molecule has 0 radical (unpaired) electrons. The Bertz CT molecular complexity index is 348. The van der Waals surface area contributed by atoms with Crippen LogP contribution in [0.1, 0.15) is 26.2 Å². The van der Waals surface area contributed by atoms with Crippen molar-refractivity contribution in [3.63, 3.8) is 0 Å². The normalized spacial score (nSPS) is 33.5. The van der Waals surface area contributed by atoms with E-state index in [9.17, 15) is 9.59 Å². The number of fused-ring (bicyclic) bond motifs is 2. The van der Waals surface area contributed by atoms with E-state index in [1.165, 1.54) is 7.11 Å². The van der Waals surface area contributed by atoms with Gasteiger partial charge in [0.1, 0.15) is 5.78 Å².